The second-order valence-corrected chi connectivity index (χ2v) is 5.95. The molecule has 0 aromatic heterocycles. The summed E-state index contributed by atoms with van der Waals surface area (Å²) in [7, 11) is 2.34. The zero-order chi connectivity index (χ0) is 13.7. The van der Waals surface area contributed by atoms with Crippen molar-refractivity contribution >= 4 is 5.69 Å². The highest BCUT2D eigenvalue weighted by atomic mass is 127. The van der Waals surface area contributed by atoms with Crippen molar-refractivity contribution in [2.45, 2.75) is 20.4 Å². The fourth-order valence-corrected chi connectivity index (χ4v) is 2.84. The van der Waals surface area contributed by atoms with Gasteiger partial charge in [-0.15, -0.1) is 0 Å². The molecule has 1 unspecified atom stereocenters. The molecule has 1 atom stereocenters. The molecule has 2 heteroatoms. The third kappa shape index (κ3) is 4.60. The van der Waals surface area contributed by atoms with Crippen LogP contribution in [0.3, 0.4) is 0 Å². The first-order valence-corrected chi connectivity index (χ1v) is 7.04. The summed E-state index contributed by atoms with van der Waals surface area (Å²) < 4.78 is 0.961. The minimum absolute atomic E-state index is 0. The molecule has 0 saturated heterocycles. The fraction of sp³-hybridized carbons (Fsp3) is 0.333. The molecule has 0 N–H and O–H groups in total. The molecule has 0 aliphatic heterocycles. The molecule has 2 aromatic carbocycles. The van der Waals surface area contributed by atoms with Crippen LogP contribution in [0.15, 0.2) is 60.7 Å². The van der Waals surface area contributed by atoms with Crippen molar-refractivity contribution < 1.29 is 24.0 Å². The lowest BCUT2D eigenvalue weighted by Crippen LogP contribution is -3.00. The summed E-state index contributed by atoms with van der Waals surface area (Å²) in [5.41, 5.74) is 2.79. The molecular weight excluding hydrogens is 357 g/mol. The molecule has 2 aromatic rings. The summed E-state index contributed by atoms with van der Waals surface area (Å²) in [4.78, 5) is 0. The first-order valence-electron chi connectivity index (χ1n) is 7.04. The molecule has 2 rings (SSSR count). The van der Waals surface area contributed by atoms with Crippen LogP contribution < -0.4 is 28.5 Å². The molecule has 0 spiro atoms. The van der Waals surface area contributed by atoms with Crippen molar-refractivity contribution in [2.75, 3.05) is 13.6 Å². The Morgan fingerprint density at radius 2 is 1.35 bits per heavy atom. The summed E-state index contributed by atoms with van der Waals surface area (Å²) in [5.74, 6) is 0.675. The van der Waals surface area contributed by atoms with Gasteiger partial charge < -0.3 is 24.0 Å². The number of para-hydroxylation sites is 1. The Morgan fingerprint density at radius 3 is 1.85 bits per heavy atom. The predicted molar refractivity (Wildman–Crippen MR) is 84.0 cm³/mol. The van der Waals surface area contributed by atoms with Gasteiger partial charge in [0, 0.05) is 11.5 Å². The Hall–Kier alpha value is -0.870. The number of quaternary nitrogens is 1. The van der Waals surface area contributed by atoms with Crippen LogP contribution in [-0.4, -0.2) is 13.6 Å². The van der Waals surface area contributed by atoms with Crippen LogP contribution in [0.5, 0.6) is 0 Å². The highest BCUT2D eigenvalue weighted by molar-refractivity contribution is 5.42. The van der Waals surface area contributed by atoms with Crippen molar-refractivity contribution in [3.8, 4) is 0 Å². The highest BCUT2D eigenvalue weighted by Crippen LogP contribution is 2.25. The number of rotatable bonds is 5. The fourth-order valence-electron chi connectivity index (χ4n) is 2.84. The third-order valence-electron chi connectivity index (χ3n) is 3.52. The summed E-state index contributed by atoms with van der Waals surface area (Å²) in [6, 6.07) is 21.6. The normalized spacial score (nSPS) is 13.6. The lowest BCUT2D eigenvalue weighted by molar-refractivity contribution is -0.00000438. The van der Waals surface area contributed by atoms with Gasteiger partial charge in [-0.3, -0.25) is 4.48 Å². The van der Waals surface area contributed by atoms with Crippen LogP contribution >= 0.6 is 0 Å². The van der Waals surface area contributed by atoms with Gasteiger partial charge in [-0.25, -0.2) is 0 Å². The third-order valence-corrected chi connectivity index (χ3v) is 3.52. The Bertz CT molecular complexity index is 495. The molecule has 0 fully saturated rings. The maximum Gasteiger partial charge on any atom is 0.132 e. The van der Waals surface area contributed by atoms with Crippen molar-refractivity contribution in [1.82, 2.24) is 4.48 Å². The van der Waals surface area contributed by atoms with E-state index in [1.807, 2.05) is 0 Å². The number of halogens is 1. The summed E-state index contributed by atoms with van der Waals surface area (Å²) in [6.45, 7) is 6.79. The maximum atomic E-state index is 2.34. The first-order chi connectivity index (χ1) is 9.10. The summed E-state index contributed by atoms with van der Waals surface area (Å²) in [5, 5.41) is 0. The topological polar surface area (TPSA) is 0 Å². The molecule has 20 heavy (non-hydrogen) atoms. The monoisotopic (exact) mass is 381 g/mol. The average Bonchev–Trinajstić information content (AvgIpc) is 2.40. The van der Waals surface area contributed by atoms with Crippen molar-refractivity contribution in [2.24, 2.45) is 5.92 Å². The van der Waals surface area contributed by atoms with E-state index in [1.165, 1.54) is 11.3 Å². The predicted octanol–water partition coefficient (Wildman–Crippen LogP) is 1.48. The zero-order valence-corrected chi connectivity index (χ0v) is 14.7. The zero-order valence-electron chi connectivity index (χ0n) is 12.6. The molecule has 108 valence electrons. The van der Waals surface area contributed by atoms with Crippen LogP contribution in [0.1, 0.15) is 19.4 Å². The number of benzene rings is 2. The Morgan fingerprint density at radius 1 is 0.850 bits per heavy atom. The molecule has 0 heterocycles. The van der Waals surface area contributed by atoms with Gasteiger partial charge in [-0.2, -0.15) is 0 Å². The van der Waals surface area contributed by atoms with Gasteiger partial charge in [0.1, 0.15) is 12.2 Å². The second kappa shape index (κ2) is 7.79. The second-order valence-electron chi connectivity index (χ2n) is 5.95. The van der Waals surface area contributed by atoms with Crippen molar-refractivity contribution in [3.63, 3.8) is 0 Å². The molecular formula is C18H24IN. The van der Waals surface area contributed by atoms with E-state index in [-0.39, 0.29) is 24.0 Å². The van der Waals surface area contributed by atoms with E-state index in [2.05, 4.69) is 81.6 Å². The van der Waals surface area contributed by atoms with Crippen LogP contribution in [0.4, 0.5) is 5.69 Å². The van der Waals surface area contributed by atoms with E-state index in [9.17, 15) is 0 Å². The van der Waals surface area contributed by atoms with Gasteiger partial charge in [0.05, 0.1) is 13.6 Å². The van der Waals surface area contributed by atoms with Gasteiger partial charge >= 0.3 is 0 Å². The van der Waals surface area contributed by atoms with E-state index in [4.69, 9.17) is 0 Å². The molecule has 0 saturated carbocycles. The number of hydrogen-bond acceptors (Lipinski definition) is 0. The summed E-state index contributed by atoms with van der Waals surface area (Å²) in [6.07, 6.45) is 0. The smallest absolute Gasteiger partial charge is 0.132 e. The Balaban J connectivity index is 0.00000200. The number of nitrogens with zero attached hydrogens (tertiary/aromatic N) is 1. The van der Waals surface area contributed by atoms with Crippen LogP contribution in [0.2, 0.25) is 0 Å². The van der Waals surface area contributed by atoms with E-state index in [0.717, 1.165) is 17.6 Å². The minimum atomic E-state index is 0. The van der Waals surface area contributed by atoms with E-state index >= 15 is 0 Å². The maximum absolute atomic E-state index is 2.34. The molecule has 0 aliphatic rings. The Kier molecular flexibility index (Phi) is 6.69. The Labute approximate surface area is 140 Å². The van der Waals surface area contributed by atoms with Gasteiger partial charge in [0.15, 0.2) is 0 Å². The SMILES string of the molecule is CC(C)C[N+](C)(Cc1ccccc1)c1ccccc1.[I-]. The van der Waals surface area contributed by atoms with Crippen molar-refractivity contribution in [1.29, 1.82) is 0 Å². The largest absolute Gasteiger partial charge is 1.00 e. The molecule has 0 bridgehead atoms. The van der Waals surface area contributed by atoms with E-state index < -0.39 is 0 Å². The molecule has 0 amide bonds. The van der Waals surface area contributed by atoms with Crippen LogP contribution in [0.25, 0.3) is 0 Å². The van der Waals surface area contributed by atoms with Crippen LogP contribution in [0, 0.1) is 5.92 Å². The lowest BCUT2D eigenvalue weighted by atomic mass is 10.1. The van der Waals surface area contributed by atoms with Gasteiger partial charge in [0.2, 0.25) is 0 Å². The molecule has 0 radical (unpaired) electrons. The van der Waals surface area contributed by atoms with E-state index in [1.54, 1.807) is 0 Å². The molecule has 1 nitrogen and oxygen atoms in total. The average molecular weight is 381 g/mol. The quantitative estimate of drug-likeness (QED) is 0.544. The van der Waals surface area contributed by atoms with Crippen molar-refractivity contribution in [3.05, 3.63) is 66.2 Å². The van der Waals surface area contributed by atoms with Gasteiger partial charge in [-0.1, -0.05) is 62.4 Å². The first kappa shape index (κ1) is 17.2. The van der Waals surface area contributed by atoms with Gasteiger partial charge in [0.25, 0.3) is 0 Å². The highest BCUT2D eigenvalue weighted by Gasteiger charge is 2.26. The number of hydrogen-bond donors (Lipinski definition) is 0. The standard InChI is InChI=1S/C18H24N.HI/c1-16(2)14-19(3,18-12-8-5-9-13-18)15-17-10-6-4-7-11-17;/h4-13,16H,14-15H2,1-3H3;1H/q+1;/p-1. The van der Waals surface area contributed by atoms with Gasteiger partial charge in [-0.05, 0) is 12.1 Å². The lowest BCUT2D eigenvalue weighted by Gasteiger charge is -2.35. The minimum Gasteiger partial charge on any atom is -1.00 e. The van der Waals surface area contributed by atoms with Crippen LogP contribution in [-0.2, 0) is 6.54 Å². The molecule has 0 aliphatic carbocycles. The summed E-state index contributed by atoms with van der Waals surface area (Å²) >= 11 is 0. The van der Waals surface area contributed by atoms with E-state index in [0.29, 0.717) is 5.92 Å².